The van der Waals surface area contributed by atoms with Gasteiger partial charge in [-0.05, 0) is 30.3 Å². The minimum atomic E-state index is -1.01. The van der Waals surface area contributed by atoms with Crippen LogP contribution >= 0.6 is 0 Å². The first-order chi connectivity index (χ1) is 14.1. The number of piperazine rings is 1. The molecule has 1 fully saturated rings. The van der Waals surface area contributed by atoms with Crippen LogP contribution in [0.25, 0.3) is 11.5 Å². The van der Waals surface area contributed by atoms with Crippen LogP contribution in [0.15, 0.2) is 52.9 Å². The van der Waals surface area contributed by atoms with Gasteiger partial charge in [0.1, 0.15) is 0 Å². The molecule has 6 nitrogen and oxygen atoms in total. The summed E-state index contributed by atoms with van der Waals surface area (Å²) >= 11 is 0. The molecule has 2 aromatic carbocycles. The summed E-state index contributed by atoms with van der Waals surface area (Å²) in [5, 5.41) is 8.19. The van der Waals surface area contributed by atoms with Crippen molar-refractivity contribution in [2.75, 3.05) is 32.7 Å². The predicted octanol–water partition coefficient (Wildman–Crippen LogP) is 3.02. The Morgan fingerprint density at radius 1 is 0.966 bits per heavy atom. The van der Waals surface area contributed by atoms with Crippen LogP contribution in [0.1, 0.15) is 16.2 Å². The van der Waals surface area contributed by atoms with Gasteiger partial charge in [-0.2, -0.15) is 0 Å². The molecule has 0 saturated carbocycles. The van der Waals surface area contributed by atoms with Crippen molar-refractivity contribution in [1.29, 1.82) is 0 Å². The van der Waals surface area contributed by atoms with Gasteiger partial charge in [-0.3, -0.25) is 9.69 Å². The van der Waals surface area contributed by atoms with Crippen molar-refractivity contribution >= 4 is 5.91 Å². The molecule has 1 saturated heterocycles. The average Bonchev–Trinajstić information content (AvgIpc) is 3.24. The summed E-state index contributed by atoms with van der Waals surface area (Å²) in [5.41, 5.74) is 1.05. The zero-order valence-electron chi connectivity index (χ0n) is 15.7. The molecule has 0 radical (unpaired) electrons. The first-order valence-corrected chi connectivity index (χ1v) is 9.44. The van der Waals surface area contributed by atoms with Gasteiger partial charge in [-0.15, -0.1) is 10.2 Å². The molecular formula is C21H20F2N4O2. The molecule has 29 heavy (non-hydrogen) atoms. The number of halogens is 2. The van der Waals surface area contributed by atoms with E-state index < -0.39 is 11.6 Å². The fourth-order valence-electron chi connectivity index (χ4n) is 3.29. The van der Waals surface area contributed by atoms with E-state index in [0.29, 0.717) is 44.4 Å². The number of amides is 1. The molecule has 4 rings (SSSR count). The molecule has 0 N–H and O–H groups in total. The molecule has 0 unspecified atom stereocenters. The van der Waals surface area contributed by atoms with Gasteiger partial charge < -0.3 is 9.32 Å². The van der Waals surface area contributed by atoms with Crippen LogP contribution in [0.5, 0.6) is 0 Å². The number of rotatable bonds is 5. The lowest BCUT2D eigenvalue weighted by molar-refractivity contribution is 0.0636. The van der Waals surface area contributed by atoms with Crippen molar-refractivity contribution in [2.45, 2.75) is 6.42 Å². The molecule has 3 aromatic rings. The standard InChI is InChI=1S/C21H20F2N4O2/c22-17-7-6-16(14-18(17)23)21(28)27-12-10-26(11-13-27)9-8-19-24-25-20(29-19)15-4-2-1-3-5-15/h1-7,14H,8-13H2. The highest BCUT2D eigenvalue weighted by Crippen LogP contribution is 2.17. The van der Waals surface area contributed by atoms with Crippen LogP contribution < -0.4 is 0 Å². The highest BCUT2D eigenvalue weighted by atomic mass is 19.2. The summed E-state index contributed by atoms with van der Waals surface area (Å²) in [4.78, 5) is 16.3. The van der Waals surface area contributed by atoms with Gasteiger partial charge >= 0.3 is 0 Å². The lowest BCUT2D eigenvalue weighted by atomic mass is 10.1. The van der Waals surface area contributed by atoms with E-state index in [4.69, 9.17) is 4.42 Å². The van der Waals surface area contributed by atoms with Crippen LogP contribution in [-0.2, 0) is 6.42 Å². The second kappa shape index (κ2) is 8.48. The second-order valence-corrected chi connectivity index (χ2v) is 6.88. The predicted molar refractivity (Wildman–Crippen MR) is 102 cm³/mol. The minimum Gasteiger partial charge on any atom is -0.421 e. The van der Waals surface area contributed by atoms with Gasteiger partial charge in [0.25, 0.3) is 5.91 Å². The zero-order chi connectivity index (χ0) is 20.2. The van der Waals surface area contributed by atoms with Crippen molar-refractivity contribution in [1.82, 2.24) is 20.0 Å². The summed E-state index contributed by atoms with van der Waals surface area (Å²) in [7, 11) is 0. The zero-order valence-corrected chi connectivity index (χ0v) is 15.7. The lowest BCUT2D eigenvalue weighted by Gasteiger charge is -2.34. The number of aromatic nitrogens is 2. The molecule has 0 bridgehead atoms. The molecule has 1 aliphatic rings. The van der Waals surface area contributed by atoms with Gasteiger partial charge in [0.15, 0.2) is 11.6 Å². The molecule has 0 aliphatic carbocycles. The maximum atomic E-state index is 13.4. The van der Waals surface area contributed by atoms with Crippen LogP contribution in [-0.4, -0.2) is 58.6 Å². The quantitative estimate of drug-likeness (QED) is 0.661. The van der Waals surface area contributed by atoms with Crippen LogP contribution in [0, 0.1) is 11.6 Å². The fourth-order valence-corrected chi connectivity index (χ4v) is 3.29. The maximum absolute atomic E-state index is 13.4. The smallest absolute Gasteiger partial charge is 0.254 e. The number of carbonyl (C=O) groups excluding carboxylic acids is 1. The number of hydrogen-bond acceptors (Lipinski definition) is 5. The Kier molecular flexibility index (Phi) is 5.62. The topological polar surface area (TPSA) is 62.5 Å². The molecule has 8 heteroatoms. The molecule has 1 aromatic heterocycles. The highest BCUT2D eigenvalue weighted by Gasteiger charge is 2.23. The summed E-state index contributed by atoms with van der Waals surface area (Å²) in [6, 6.07) is 12.8. The van der Waals surface area contributed by atoms with Crippen molar-refractivity contribution < 1.29 is 18.0 Å². The van der Waals surface area contributed by atoms with Crippen LogP contribution in [0.2, 0.25) is 0 Å². The van der Waals surface area contributed by atoms with E-state index in [2.05, 4.69) is 15.1 Å². The van der Waals surface area contributed by atoms with E-state index in [1.54, 1.807) is 4.90 Å². The summed E-state index contributed by atoms with van der Waals surface area (Å²) in [6.07, 6.45) is 0.622. The Morgan fingerprint density at radius 3 is 2.45 bits per heavy atom. The van der Waals surface area contributed by atoms with Gasteiger partial charge in [-0.25, -0.2) is 8.78 Å². The van der Waals surface area contributed by atoms with Gasteiger partial charge in [0.05, 0.1) is 0 Å². The second-order valence-electron chi connectivity index (χ2n) is 6.88. The van der Waals surface area contributed by atoms with Crippen molar-refractivity contribution in [3.63, 3.8) is 0 Å². The van der Waals surface area contributed by atoms with Crippen molar-refractivity contribution in [3.8, 4) is 11.5 Å². The Hall–Kier alpha value is -3.13. The van der Waals surface area contributed by atoms with Gasteiger partial charge in [0, 0.05) is 50.3 Å². The normalized spacial score (nSPS) is 14.9. The van der Waals surface area contributed by atoms with Crippen LogP contribution in [0.3, 0.4) is 0 Å². The number of carbonyl (C=O) groups is 1. The average molecular weight is 398 g/mol. The Balaban J connectivity index is 1.27. The summed E-state index contributed by atoms with van der Waals surface area (Å²) in [6.45, 7) is 3.17. The molecule has 0 spiro atoms. The van der Waals surface area contributed by atoms with E-state index >= 15 is 0 Å². The molecule has 2 heterocycles. The van der Waals surface area contributed by atoms with E-state index in [1.807, 2.05) is 30.3 Å². The van der Waals surface area contributed by atoms with E-state index in [0.717, 1.165) is 24.2 Å². The monoisotopic (exact) mass is 398 g/mol. The largest absolute Gasteiger partial charge is 0.421 e. The number of benzene rings is 2. The third-order valence-corrected chi connectivity index (χ3v) is 4.96. The molecule has 0 atom stereocenters. The Bertz CT molecular complexity index is 985. The molecular weight excluding hydrogens is 378 g/mol. The van der Waals surface area contributed by atoms with Crippen LogP contribution in [0.4, 0.5) is 8.78 Å². The van der Waals surface area contributed by atoms with Crippen molar-refractivity contribution in [3.05, 3.63) is 71.6 Å². The molecule has 150 valence electrons. The molecule has 1 aliphatic heterocycles. The highest BCUT2D eigenvalue weighted by molar-refractivity contribution is 5.94. The van der Waals surface area contributed by atoms with Crippen molar-refractivity contribution in [2.24, 2.45) is 0 Å². The van der Waals surface area contributed by atoms with Gasteiger partial charge in [0.2, 0.25) is 11.8 Å². The van der Waals surface area contributed by atoms with Gasteiger partial charge in [-0.1, -0.05) is 18.2 Å². The lowest BCUT2D eigenvalue weighted by Crippen LogP contribution is -2.49. The first-order valence-electron chi connectivity index (χ1n) is 9.44. The minimum absolute atomic E-state index is 0.164. The summed E-state index contributed by atoms with van der Waals surface area (Å²) in [5.74, 6) is -1.17. The number of nitrogens with zero attached hydrogens (tertiary/aromatic N) is 4. The Morgan fingerprint density at radius 2 is 1.72 bits per heavy atom. The number of hydrogen-bond donors (Lipinski definition) is 0. The third-order valence-electron chi connectivity index (χ3n) is 4.96. The third kappa shape index (κ3) is 4.48. The van der Waals surface area contributed by atoms with E-state index in [1.165, 1.54) is 6.07 Å². The maximum Gasteiger partial charge on any atom is 0.254 e. The van der Waals surface area contributed by atoms with E-state index in [9.17, 15) is 13.6 Å². The SMILES string of the molecule is O=C(c1ccc(F)c(F)c1)N1CCN(CCc2nnc(-c3ccccc3)o2)CC1. The molecule has 1 amide bonds. The van der Waals surface area contributed by atoms with E-state index in [-0.39, 0.29) is 11.5 Å². The fraction of sp³-hybridized carbons (Fsp3) is 0.286. The Labute approximate surface area is 166 Å². The summed E-state index contributed by atoms with van der Waals surface area (Å²) < 4.78 is 32.1. The first kappa shape index (κ1) is 19.2.